The molecule has 3 amide bonds. The Hall–Kier alpha value is -3.69. The van der Waals surface area contributed by atoms with Crippen molar-refractivity contribution < 1.29 is 62.5 Å². The Labute approximate surface area is 246 Å². The van der Waals surface area contributed by atoms with E-state index in [2.05, 4.69) is 22.2 Å². The number of carbonyl (C=O) groups excluding carboxylic acids is 3. The minimum atomic E-state index is -1.48. The minimum Gasteiger partial charge on any atom is -0.872 e. The van der Waals surface area contributed by atoms with Gasteiger partial charge < -0.3 is 29.7 Å². The zero-order valence-corrected chi connectivity index (χ0v) is 24.1. The Bertz CT molecular complexity index is 1050. The monoisotopic (exact) mass is 556 g/mol. The third kappa shape index (κ3) is 15.0. The van der Waals surface area contributed by atoms with Crippen molar-refractivity contribution >= 4 is 30.2 Å². The van der Waals surface area contributed by atoms with Gasteiger partial charge in [-0.3, -0.25) is 5.32 Å². The molecule has 0 aliphatic heterocycles. The van der Waals surface area contributed by atoms with Gasteiger partial charge in [0.05, 0.1) is 0 Å². The Balaban J connectivity index is 0.0000152. The molecule has 0 bridgehead atoms. The zero-order chi connectivity index (χ0) is 29.8. The molecule has 40 heavy (non-hydrogen) atoms. The van der Waals surface area contributed by atoms with Crippen molar-refractivity contribution in [3.05, 3.63) is 42.5 Å². The van der Waals surface area contributed by atoms with E-state index in [1.54, 1.807) is 41.5 Å². The summed E-state index contributed by atoms with van der Waals surface area (Å²) in [6.07, 6.45) is -1.56. The second-order valence-electron chi connectivity index (χ2n) is 10.2. The summed E-state index contributed by atoms with van der Waals surface area (Å²) < 4.78 is 15.5. The Kier molecular flexibility index (Phi) is 14.9. The number of nitrogens with zero attached hydrogens (tertiary/aromatic N) is 2. The summed E-state index contributed by atoms with van der Waals surface area (Å²) in [7, 11) is 0. The fourth-order valence-electron chi connectivity index (χ4n) is 2.81. The van der Waals surface area contributed by atoms with Crippen molar-refractivity contribution in [2.24, 2.45) is 4.99 Å². The second kappa shape index (κ2) is 16.4. The molecule has 0 saturated heterocycles. The molecule has 0 unspecified atom stereocenters. The number of carboxylic acid groups (broad SMARTS) is 1. The van der Waals surface area contributed by atoms with Gasteiger partial charge in [-0.15, -0.1) is 5.75 Å². The summed E-state index contributed by atoms with van der Waals surface area (Å²) in [5, 5.41) is 26.1. The molecule has 0 aliphatic rings. The van der Waals surface area contributed by atoms with Crippen molar-refractivity contribution in [1.29, 1.82) is 0 Å². The number of nitrogens with one attached hydrogen (secondary N) is 2. The van der Waals surface area contributed by atoms with Gasteiger partial charge in [0.1, 0.15) is 17.8 Å². The molecule has 0 spiro atoms. The maximum Gasteiger partial charge on any atom is 1.00 e. The van der Waals surface area contributed by atoms with Crippen LogP contribution in [0.2, 0.25) is 0 Å². The number of guanidine groups is 1. The predicted octanol–water partition coefficient (Wildman–Crippen LogP) is -0.210. The van der Waals surface area contributed by atoms with Crippen molar-refractivity contribution in [1.82, 2.24) is 15.5 Å². The van der Waals surface area contributed by atoms with Gasteiger partial charge >= 0.3 is 43.1 Å². The number of aliphatic carboxylic acids is 1. The molecule has 1 atom stereocenters. The molecular formula is C26H37LiN4O9. The fourth-order valence-corrected chi connectivity index (χ4v) is 2.81. The average molecular weight is 557 g/mol. The molecule has 1 aromatic rings. The smallest absolute Gasteiger partial charge is 0.872 e. The number of carboxylic acids is 1. The molecule has 0 saturated carbocycles. The van der Waals surface area contributed by atoms with Crippen LogP contribution in [0.15, 0.2) is 41.9 Å². The number of hydrogen-bond acceptors (Lipinski definition) is 9. The van der Waals surface area contributed by atoms with Crippen LogP contribution in [-0.2, 0) is 25.4 Å². The molecule has 14 heteroatoms. The first-order valence-corrected chi connectivity index (χ1v) is 12.1. The Morgan fingerprint density at radius 3 is 2.12 bits per heavy atom. The van der Waals surface area contributed by atoms with Crippen molar-refractivity contribution in [2.75, 3.05) is 19.7 Å². The molecule has 0 aromatic heterocycles. The van der Waals surface area contributed by atoms with E-state index in [1.165, 1.54) is 30.3 Å². The van der Waals surface area contributed by atoms with Gasteiger partial charge in [-0.25, -0.2) is 29.1 Å². The molecule has 0 radical (unpaired) electrons. The SMILES string of the molecule is C=CCOC(=O)NCCN(C(=O)OC(C)(C)C)C(=N[C@@H](Cc1ccc([O-])cc1)C(=O)O)NC(=O)OC(C)(C)C.[Li+]. The van der Waals surface area contributed by atoms with Crippen LogP contribution in [0.5, 0.6) is 5.75 Å². The van der Waals surface area contributed by atoms with Crippen LogP contribution in [-0.4, -0.2) is 77.2 Å². The first-order chi connectivity index (χ1) is 18.0. The zero-order valence-electron chi connectivity index (χ0n) is 24.1. The Morgan fingerprint density at radius 2 is 1.62 bits per heavy atom. The van der Waals surface area contributed by atoms with Gasteiger partial charge in [0.2, 0.25) is 5.96 Å². The van der Waals surface area contributed by atoms with E-state index in [1.807, 2.05) is 0 Å². The predicted molar refractivity (Wildman–Crippen MR) is 140 cm³/mol. The van der Waals surface area contributed by atoms with E-state index in [0.717, 1.165) is 4.90 Å². The van der Waals surface area contributed by atoms with Crippen molar-refractivity contribution in [2.45, 2.75) is 65.2 Å². The summed E-state index contributed by atoms with van der Waals surface area (Å²) in [5.41, 5.74) is -1.40. The standard InChI is InChI=1S/C26H38N4O9.Li/c1-8-15-37-22(34)27-13-14-30(24(36)39-26(5,6)7)21(29-23(35)38-25(2,3)4)28-19(20(32)33)16-17-9-11-18(31)12-10-17;/h8-12,19,31H,1,13-16H2,2-7H3,(H,27,34)(H,32,33)(H,28,29,35);/q;+1/p-1/t19-;/m0./s1. The number of rotatable bonds is 9. The molecule has 0 aliphatic carbocycles. The first kappa shape index (κ1) is 36.3. The van der Waals surface area contributed by atoms with Gasteiger partial charge in [0.15, 0.2) is 6.04 Å². The molecule has 1 rings (SSSR count). The second-order valence-corrected chi connectivity index (χ2v) is 10.2. The molecule has 1 aromatic carbocycles. The van der Waals surface area contributed by atoms with Crippen LogP contribution in [0.3, 0.4) is 0 Å². The van der Waals surface area contributed by atoms with Crippen molar-refractivity contribution in [3.63, 3.8) is 0 Å². The summed E-state index contributed by atoms with van der Waals surface area (Å²) in [4.78, 5) is 54.8. The number of amides is 3. The normalized spacial score (nSPS) is 12.2. The van der Waals surface area contributed by atoms with Crippen LogP contribution >= 0.6 is 0 Å². The van der Waals surface area contributed by atoms with Crippen LogP contribution < -0.4 is 34.6 Å². The van der Waals surface area contributed by atoms with Gasteiger partial charge in [-0.05, 0) is 47.1 Å². The van der Waals surface area contributed by atoms with E-state index in [0.29, 0.717) is 5.56 Å². The number of hydrogen-bond donors (Lipinski definition) is 3. The molecule has 13 nitrogen and oxygen atoms in total. The topological polar surface area (TPSA) is 179 Å². The van der Waals surface area contributed by atoms with E-state index in [-0.39, 0.29) is 50.7 Å². The van der Waals surface area contributed by atoms with Gasteiger partial charge in [0.25, 0.3) is 0 Å². The fraction of sp³-hybridized carbons (Fsp3) is 0.500. The Morgan fingerprint density at radius 1 is 1.05 bits per heavy atom. The number of benzene rings is 1. The molecule has 0 fully saturated rings. The summed E-state index contributed by atoms with van der Waals surface area (Å²) in [6.45, 7) is 12.7. The quantitative estimate of drug-likeness (QED) is 0.122. The first-order valence-electron chi connectivity index (χ1n) is 12.1. The molecule has 216 valence electrons. The third-order valence-electron chi connectivity index (χ3n) is 4.33. The summed E-state index contributed by atoms with van der Waals surface area (Å²) >= 11 is 0. The van der Waals surface area contributed by atoms with Gasteiger partial charge in [-0.2, -0.15) is 0 Å². The van der Waals surface area contributed by atoms with Crippen LogP contribution in [0.4, 0.5) is 14.4 Å². The van der Waals surface area contributed by atoms with E-state index in [4.69, 9.17) is 14.2 Å². The van der Waals surface area contributed by atoms with Gasteiger partial charge in [0, 0.05) is 19.5 Å². The minimum absolute atomic E-state index is 0. The average Bonchev–Trinajstić information content (AvgIpc) is 2.78. The maximum atomic E-state index is 13.2. The third-order valence-corrected chi connectivity index (χ3v) is 4.33. The number of alkyl carbamates (subject to hydrolysis) is 2. The summed E-state index contributed by atoms with van der Waals surface area (Å²) in [5.74, 6) is -2.09. The largest absolute Gasteiger partial charge is 1.00 e. The molecule has 0 heterocycles. The number of ether oxygens (including phenoxy) is 3. The van der Waals surface area contributed by atoms with Gasteiger partial charge in [-0.1, -0.05) is 36.9 Å². The van der Waals surface area contributed by atoms with E-state index < -0.39 is 47.5 Å². The van der Waals surface area contributed by atoms with E-state index in [9.17, 15) is 29.4 Å². The maximum absolute atomic E-state index is 13.2. The van der Waals surface area contributed by atoms with Crippen LogP contribution in [0.1, 0.15) is 47.1 Å². The number of carbonyl (C=O) groups is 4. The molecule has 3 N–H and O–H groups in total. The molecular weight excluding hydrogens is 519 g/mol. The van der Waals surface area contributed by atoms with Crippen molar-refractivity contribution in [3.8, 4) is 5.75 Å². The number of aliphatic imine (C=N–C) groups is 1. The van der Waals surface area contributed by atoms with E-state index >= 15 is 0 Å². The summed E-state index contributed by atoms with van der Waals surface area (Å²) in [6, 6.07) is 3.99. The van der Waals surface area contributed by atoms with Crippen LogP contribution in [0.25, 0.3) is 0 Å². The van der Waals surface area contributed by atoms with Crippen LogP contribution in [0, 0.1) is 0 Å².